The molecule has 0 unspecified atom stereocenters. The van der Waals surface area contributed by atoms with E-state index >= 15 is 0 Å². The molecule has 0 aliphatic carbocycles. The molecule has 0 saturated carbocycles. The van der Waals surface area contributed by atoms with Crippen LogP contribution in [0.2, 0.25) is 0 Å². The maximum Gasteiger partial charge on any atom is 0.326 e. The van der Waals surface area contributed by atoms with Crippen molar-refractivity contribution in [3.05, 3.63) is 40.6 Å². The topological polar surface area (TPSA) is 46.6 Å². The third-order valence-corrected chi connectivity index (χ3v) is 4.26. The summed E-state index contributed by atoms with van der Waals surface area (Å²) in [4.78, 5) is 25.6. The molecule has 0 spiro atoms. The molecule has 7 heteroatoms. The van der Waals surface area contributed by atoms with Crippen LogP contribution in [0.1, 0.15) is 19.4 Å². The molecular formula is C16H16FNO3S2. The van der Waals surface area contributed by atoms with Crippen LogP contribution in [0.5, 0.6) is 0 Å². The van der Waals surface area contributed by atoms with E-state index in [1.165, 1.54) is 17.0 Å². The van der Waals surface area contributed by atoms with Gasteiger partial charge in [-0.25, -0.2) is 4.39 Å². The average molecular weight is 353 g/mol. The van der Waals surface area contributed by atoms with Crippen molar-refractivity contribution in [1.82, 2.24) is 4.90 Å². The molecule has 0 radical (unpaired) electrons. The van der Waals surface area contributed by atoms with Gasteiger partial charge in [0.25, 0.3) is 5.91 Å². The quantitative estimate of drug-likeness (QED) is 0.462. The summed E-state index contributed by atoms with van der Waals surface area (Å²) >= 11 is 6.22. The molecule has 1 aromatic carbocycles. The monoisotopic (exact) mass is 353 g/mol. The van der Waals surface area contributed by atoms with Gasteiger partial charge in [-0.3, -0.25) is 14.5 Å². The summed E-state index contributed by atoms with van der Waals surface area (Å²) in [7, 11) is 0. The number of hydrogen-bond acceptors (Lipinski definition) is 5. The number of carbonyl (C=O) groups excluding carboxylic acids is 2. The average Bonchev–Trinajstić information content (AvgIpc) is 2.73. The highest BCUT2D eigenvalue weighted by atomic mass is 32.2. The van der Waals surface area contributed by atoms with Crippen molar-refractivity contribution in [2.45, 2.75) is 13.8 Å². The molecule has 0 N–H and O–H groups in total. The minimum atomic E-state index is -0.498. The van der Waals surface area contributed by atoms with Crippen LogP contribution < -0.4 is 0 Å². The lowest BCUT2D eigenvalue weighted by molar-refractivity contribution is -0.147. The number of amides is 1. The molecule has 2 rings (SSSR count). The third kappa shape index (κ3) is 4.87. The fraction of sp³-hybridized carbons (Fsp3) is 0.312. The Morgan fingerprint density at radius 3 is 2.87 bits per heavy atom. The second kappa shape index (κ2) is 7.70. The summed E-state index contributed by atoms with van der Waals surface area (Å²) in [6, 6.07) is 5.90. The van der Waals surface area contributed by atoms with E-state index in [0.29, 0.717) is 21.4 Å². The summed E-state index contributed by atoms with van der Waals surface area (Å²) in [5, 5.41) is 0. The molecule has 1 aromatic rings. The third-order valence-electron chi connectivity index (χ3n) is 2.88. The SMILES string of the molecule is CC(C)COC(=O)CN1C(=O)/C(=C/c2cccc(F)c2)SC1=S. The fourth-order valence-electron chi connectivity index (χ4n) is 1.82. The van der Waals surface area contributed by atoms with Gasteiger partial charge in [-0.05, 0) is 29.7 Å². The Kier molecular flexibility index (Phi) is 5.90. The van der Waals surface area contributed by atoms with Crippen LogP contribution in [0.25, 0.3) is 6.08 Å². The number of hydrogen-bond donors (Lipinski definition) is 0. The largest absolute Gasteiger partial charge is 0.464 e. The first-order valence-corrected chi connectivity index (χ1v) is 8.26. The van der Waals surface area contributed by atoms with E-state index in [1.54, 1.807) is 18.2 Å². The first kappa shape index (κ1) is 17.6. The van der Waals surface area contributed by atoms with E-state index in [4.69, 9.17) is 17.0 Å². The Hall–Kier alpha value is -1.73. The Bertz CT molecular complexity index is 673. The standard InChI is InChI=1S/C16H16FNO3S2/c1-10(2)9-21-14(19)8-18-15(20)13(23-16(18)22)7-11-4-3-5-12(17)6-11/h3-7,10H,8-9H2,1-2H3/b13-7-. The lowest BCUT2D eigenvalue weighted by Crippen LogP contribution is -2.34. The van der Waals surface area contributed by atoms with Crippen LogP contribution >= 0.6 is 24.0 Å². The van der Waals surface area contributed by atoms with Crippen LogP contribution in [0.3, 0.4) is 0 Å². The van der Waals surface area contributed by atoms with E-state index in [-0.39, 0.29) is 24.2 Å². The maximum absolute atomic E-state index is 13.2. The lowest BCUT2D eigenvalue weighted by Gasteiger charge is -2.14. The van der Waals surface area contributed by atoms with Crippen LogP contribution in [0, 0.1) is 11.7 Å². The Labute approximate surface area is 143 Å². The number of nitrogens with zero attached hydrogens (tertiary/aromatic N) is 1. The van der Waals surface area contributed by atoms with E-state index in [2.05, 4.69) is 0 Å². The molecule has 4 nitrogen and oxygen atoms in total. The lowest BCUT2D eigenvalue weighted by atomic mass is 10.2. The number of benzene rings is 1. The number of rotatable bonds is 5. The van der Waals surface area contributed by atoms with Crippen molar-refractivity contribution in [3.8, 4) is 0 Å². The van der Waals surface area contributed by atoms with Crippen LogP contribution in [-0.4, -0.2) is 34.2 Å². The molecule has 0 aromatic heterocycles. The highest BCUT2D eigenvalue weighted by molar-refractivity contribution is 8.26. The second-order valence-electron chi connectivity index (χ2n) is 5.40. The Balaban J connectivity index is 2.06. The molecule has 1 aliphatic heterocycles. The number of thioether (sulfide) groups is 1. The van der Waals surface area contributed by atoms with Gasteiger partial charge in [-0.15, -0.1) is 0 Å². The van der Waals surface area contributed by atoms with Gasteiger partial charge in [0, 0.05) is 0 Å². The molecule has 1 amide bonds. The summed E-state index contributed by atoms with van der Waals surface area (Å²) in [6.07, 6.45) is 1.56. The zero-order chi connectivity index (χ0) is 17.0. The molecule has 0 atom stereocenters. The highest BCUT2D eigenvalue weighted by Gasteiger charge is 2.33. The van der Waals surface area contributed by atoms with E-state index in [0.717, 1.165) is 11.8 Å². The first-order chi connectivity index (χ1) is 10.9. The van der Waals surface area contributed by atoms with Crippen molar-refractivity contribution in [3.63, 3.8) is 0 Å². The minimum Gasteiger partial charge on any atom is -0.464 e. The molecular weight excluding hydrogens is 337 g/mol. The zero-order valence-corrected chi connectivity index (χ0v) is 14.4. The zero-order valence-electron chi connectivity index (χ0n) is 12.7. The van der Waals surface area contributed by atoms with E-state index < -0.39 is 5.97 Å². The van der Waals surface area contributed by atoms with Crippen molar-refractivity contribution in [2.75, 3.05) is 13.2 Å². The first-order valence-electron chi connectivity index (χ1n) is 7.03. The summed E-state index contributed by atoms with van der Waals surface area (Å²) in [5.74, 6) is -1.03. The van der Waals surface area contributed by atoms with E-state index in [1.807, 2.05) is 13.8 Å². The number of halogens is 1. The number of carbonyl (C=O) groups is 2. The Morgan fingerprint density at radius 2 is 2.22 bits per heavy atom. The van der Waals surface area contributed by atoms with Crippen molar-refractivity contribution in [2.24, 2.45) is 5.92 Å². The van der Waals surface area contributed by atoms with Crippen LogP contribution in [0.4, 0.5) is 4.39 Å². The minimum absolute atomic E-state index is 0.210. The van der Waals surface area contributed by atoms with Gasteiger partial charge in [0.1, 0.15) is 16.7 Å². The highest BCUT2D eigenvalue weighted by Crippen LogP contribution is 2.32. The molecule has 1 fully saturated rings. The van der Waals surface area contributed by atoms with Gasteiger partial charge >= 0.3 is 5.97 Å². The van der Waals surface area contributed by atoms with Gasteiger partial charge in [-0.2, -0.15) is 0 Å². The van der Waals surface area contributed by atoms with Gasteiger partial charge in [0.05, 0.1) is 11.5 Å². The van der Waals surface area contributed by atoms with Crippen LogP contribution in [0.15, 0.2) is 29.2 Å². The van der Waals surface area contributed by atoms with Gasteiger partial charge in [-0.1, -0.05) is 50.0 Å². The smallest absolute Gasteiger partial charge is 0.326 e. The number of ether oxygens (including phenoxy) is 1. The van der Waals surface area contributed by atoms with E-state index in [9.17, 15) is 14.0 Å². The summed E-state index contributed by atoms with van der Waals surface area (Å²) < 4.78 is 18.5. The molecule has 23 heavy (non-hydrogen) atoms. The normalized spacial score (nSPS) is 16.5. The summed E-state index contributed by atoms with van der Waals surface area (Å²) in [5.41, 5.74) is 0.563. The molecule has 0 bridgehead atoms. The van der Waals surface area contributed by atoms with Gasteiger partial charge in [0.15, 0.2) is 0 Å². The predicted molar refractivity (Wildman–Crippen MR) is 92.1 cm³/mol. The fourth-order valence-corrected chi connectivity index (χ4v) is 3.07. The predicted octanol–water partition coefficient (Wildman–Crippen LogP) is 3.23. The molecule has 1 saturated heterocycles. The maximum atomic E-state index is 13.2. The van der Waals surface area contributed by atoms with Crippen molar-refractivity contribution >= 4 is 46.3 Å². The molecule has 1 heterocycles. The summed E-state index contributed by atoms with van der Waals surface area (Å²) in [6.45, 7) is 3.94. The number of esters is 1. The second-order valence-corrected chi connectivity index (χ2v) is 7.08. The van der Waals surface area contributed by atoms with Gasteiger partial charge < -0.3 is 4.74 Å². The Morgan fingerprint density at radius 1 is 1.48 bits per heavy atom. The van der Waals surface area contributed by atoms with Crippen molar-refractivity contribution in [1.29, 1.82) is 0 Å². The molecule has 1 aliphatic rings. The number of thiocarbonyl (C=S) groups is 1. The van der Waals surface area contributed by atoms with Gasteiger partial charge in [0.2, 0.25) is 0 Å². The van der Waals surface area contributed by atoms with Crippen LogP contribution in [-0.2, 0) is 14.3 Å². The van der Waals surface area contributed by atoms with Crippen molar-refractivity contribution < 1.29 is 18.7 Å². The molecule has 122 valence electrons.